The van der Waals surface area contributed by atoms with Gasteiger partial charge in [-0.15, -0.1) is 11.3 Å². The zero-order valence-corrected chi connectivity index (χ0v) is 10.8. The van der Waals surface area contributed by atoms with Crippen molar-refractivity contribution >= 4 is 23.0 Å². The summed E-state index contributed by atoms with van der Waals surface area (Å²) in [5, 5.41) is 25.1. The van der Waals surface area contributed by atoms with Crippen molar-refractivity contribution in [2.24, 2.45) is 7.05 Å². The van der Waals surface area contributed by atoms with E-state index in [1.54, 1.807) is 0 Å². The van der Waals surface area contributed by atoms with Gasteiger partial charge in [-0.1, -0.05) is 0 Å². The standard InChI is InChI=1S/C10H9N3O5S/c1-5-8(13(16)17)9(12(2)11-5)18-6-3-7(10(14)15)19-4-6/h3-4H,1-2H3,(H,14,15). The zero-order valence-electron chi connectivity index (χ0n) is 9.98. The number of hydrogen-bond acceptors (Lipinski definition) is 6. The van der Waals surface area contributed by atoms with Gasteiger partial charge in [0.15, 0.2) is 0 Å². The lowest BCUT2D eigenvalue weighted by molar-refractivity contribution is -0.386. The maximum absolute atomic E-state index is 10.9. The van der Waals surface area contributed by atoms with Gasteiger partial charge in [-0.3, -0.25) is 10.1 Å². The number of aryl methyl sites for hydroxylation is 2. The molecule has 2 heterocycles. The van der Waals surface area contributed by atoms with E-state index in [4.69, 9.17) is 9.84 Å². The molecular formula is C10H9N3O5S. The Morgan fingerprint density at radius 1 is 1.63 bits per heavy atom. The Kier molecular flexibility index (Phi) is 3.21. The normalized spacial score (nSPS) is 10.4. The van der Waals surface area contributed by atoms with Crippen LogP contribution < -0.4 is 4.74 Å². The minimum atomic E-state index is -1.07. The van der Waals surface area contributed by atoms with Crippen LogP contribution in [0.3, 0.4) is 0 Å². The van der Waals surface area contributed by atoms with Crippen LogP contribution in [-0.2, 0) is 7.05 Å². The highest BCUT2D eigenvalue weighted by Crippen LogP contribution is 2.35. The average Bonchev–Trinajstić information content (AvgIpc) is 2.85. The van der Waals surface area contributed by atoms with Crippen molar-refractivity contribution in [2.45, 2.75) is 6.92 Å². The molecule has 0 saturated heterocycles. The van der Waals surface area contributed by atoms with Crippen LogP contribution in [0.2, 0.25) is 0 Å². The fourth-order valence-electron chi connectivity index (χ4n) is 1.55. The van der Waals surface area contributed by atoms with Crippen LogP contribution in [0.5, 0.6) is 11.6 Å². The van der Waals surface area contributed by atoms with Crippen LogP contribution >= 0.6 is 11.3 Å². The average molecular weight is 283 g/mol. The molecule has 0 aromatic carbocycles. The predicted octanol–water partition coefficient (Wildman–Crippen LogP) is 2.19. The van der Waals surface area contributed by atoms with Gasteiger partial charge < -0.3 is 9.84 Å². The summed E-state index contributed by atoms with van der Waals surface area (Å²) in [7, 11) is 1.51. The van der Waals surface area contributed by atoms with Crippen molar-refractivity contribution in [3.8, 4) is 11.6 Å². The van der Waals surface area contributed by atoms with Crippen LogP contribution in [0.15, 0.2) is 11.4 Å². The van der Waals surface area contributed by atoms with Crippen LogP contribution in [0.1, 0.15) is 15.4 Å². The lowest BCUT2D eigenvalue weighted by atomic mass is 10.4. The predicted molar refractivity (Wildman–Crippen MR) is 66.0 cm³/mol. The van der Waals surface area contributed by atoms with E-state index in [9.17, 15) is 14.9 Å². The smallest absolute Gasteiger partial charge is 0.353 e. The molecule has 8 nitrogen and oxygen atoms in total. The molecule has 1 N–H and O–H groups in total. The van der Waals surface area contributed by atoms with Gasteiger partial charge in [0.25, 0.3) is 5.88 Å². The molecule has 0 amide bonds. The number of nitro groups is 1. The molecule has 0 spiro atoms. The van der Waals surface area contributed by atoms with Gasteiger partial charge in [-0.2, -0.15) is 5.10 Å². The molecule has 0 aliphatic heterocycles. The number of carbonyl (C=O) groups is 1. The summed E-state index contributed by atoms with van der Waals surface area (Å²) in [5.41, 5.74) is 0.00163. The molecule has 0 radical (unpaired) electrons. The Morgan fingerprint density at radius 2 is 2.32 bits per heavy atom. The molecule has 0 unspecified atom stereocenters. The zero-order chi connectivity index (χ0) is 14.2. The van der Waals surface area contributed by atoms with E-state index < -0.39 is 10.9 Å². The fourth-order valence-corrected chi connectivity index (χ4v) is 2.19. The molecule has 0 aliphatic carbocycles. The summed E-state index contributed by atoms with van der Waals surface area (Å²) in [6.07, 6.45) is 0. The van der Waals surface area contributed by atoms with E-state index in [0.717, 1.165) is 11.3 Å². The Balaban J connectivity index is 2.37. The molecule has 9 heteroatoms. The summed E-state index contributed by atoms with van der Waals surface area (Å²) in [6.45, 7) is 1.50. The summed E-state index contributed by atoms with van der Waals surface area (Å²) in [6, 6.07) is 1.30. The maximum Gasteiger partial charge on any atom is 0.353 e. The van der Waals surface area contributed by atoms with E-state index in [1.165, 1.54) is 30.1 Å². The summed E-state index contributed by atoms with van der Waals surface area (Å²) < 4.78 is 6.60. The van der Waals surface area contributed by atoms with Gasteiger partial charge in [-0.05, 0) is 6.92 Å². The van der Waals surface area contributed by atoms with Gasteiger partial charge in [0, 0.05) is 18.5 Å². The van der Waals surface area contributed by atoms with Crippen LogP contribution in [0, 0.1) is 17.0 Å². The van der Waals surface area contributed by atoms with Crippen molar-refractivity contribution in [1.29, 1.82) is 0 Å². The topological polar surface area (TPSA) is 107 Å². The Bertz CT molecular complexity index is 660. The number of carboxylic acid groups (broad SMARTS) is 1. The number of hydrogen-bond donors (Lipinski definition) is 1. The fraction of sp³-hybridized carbons (Fsp3) is 0.200. The summed E-state index contributed by atoms with van der Waals surface area (Å²) in [5.74, 6) is -0.874. The first-order valence-electron chi connectivity index (χ1n) is 5.08. The van der Waals surface area contributed by atoms with Crippen LogP contribution in [0.25, 0.3) is 0 Å². The third kappa shape index (κ3) is 2.40. The number of aromatic carboxylic acids is 1. The van der Waals surface area contributed by atoms with Crippen molar-refractivity contribution < 1.29 is 19.6 Å². The first kappa shape index (κ1) is 13.0. The van der Waals surface area contributed by atoms with Gasteiger partial charge >= 0.3 is 11.7 Å². The van der Waals surface area contributed by atoms with Crippen molar-refractivity contribution in [3.05, 3.63) is 32.1 Å². The molecule has 19 heavy (non-hydrogen) atoms. The SMILES string of the molecule is Cc1nn(C)c(Oc2csc(C(=O)O)c2)c1[N+](=O)[O-]. The number of aromatic nitrogens is 2. The minimum absolute atomic E-state index is 0.0303. The molecule has 2 aromatic heterocycles. The Morgan fingerprint density at radius 3 is 2.84 bits per heavy atom. The second kappa shape index (κ2) is 4.69. The number of carboxylic acids is 1. The molecular weight excluding hydrogens is 274 g/mol. The van der Waals surface area contributed by atoms with Gasteiger partial charge in [0.1, 0.15) is 16.3 Å². The lowest BCUT2D eigenvalue weighted by Gasteiger charge is -2.01. The van der Waals surface area contributed by atoms with E-state index in [0.29, 0.717) is 0 Å². The molecule has 2 rings (SSSR count). The molecule has 0 fully saturated rings. The van der Waals surface area contributed by atoms with E-state index in [-0.39, 0.29) is 27.9 Å². The van der Waals surface area contributed by atoms with E-state index in [1.807, 2.05) is 0 Å². The highest BCUT2D eigenvalue weighted by Gasteiger charge is 2.26. The Hall–Kier alpha value is -2.42. The highest BCUT2D eigenvalue weighted by atomic mass is 32.1. The number of thiophene rings is 1. The number of ether oxygens (including phenoxy) is 1. The highest BCUT2D eigenvalue weighted by molar-refractivity contribution is 7.12. The molecule has 0 saturated carbocycles. The van der Waals surface area contributed by atoms with E-state index in [2.05, 4.69) is 5.10 Å². The van der Waals surface area contributed by atoms with Crippen LogP contribution in [0.4, 0.5) is 5.69 Å². The van der Waals surface area contributed by atoms with Crippen molar-refractivity contribution in [1.82, 2.24) is 9.78 Å². The maximum atomic E-state index is 10.9. The molecule has 0 bridgehead atoms. The lowest BCUT2D eigenvalue weighted by Crippen LogP contribution is -1.97. The Labute approximate surface area is 111 Å². The minimum Gasteiger partial charge on any atom is -0.477 e. The quantitative estimate of drug-likeness (QED) is 0.680. The summed E-state index contributed by atoms with van der Waals surface area (Å²) in [4.78, 5) is 21.2. The number of rotatable bonds is 4. The molecule has 0 atom stereocenters. The van der Waals surface area contributed by atoms with Gasteiger partial charge in [-0.25, -0.2) is 9.48 Å². The largest absolute Gasteiger partial charge is 0.477 e. The first-order valence-corrected chi connectivity index (χ1v) is 5.95. The number of nitrogens with zero attached hydrogens (tertiary/aromatic N) is 3. The van der Waals surface area contributed by atoms with Crippen molar-refractivity contribution in [3.63, 3.8) is 0 Å². The molecule has 100 valence electrons. The van der Waals surface area contributed by atoms with Crippen LogP contribution in [-0.4, -0.2) is 25.8 Å². The first-order chi connectivity index (χ1) is 8.90. The molecule has 2 aromatic rings. The monoisotopic (exact) mass is 283 g/mol. The molecule has 0 aliphatic rings. The third-order valence-electron chi connectivity index (χ3n) is 2.32. The van der Waals surface area contributed by atoms with Gasteiger partial charge in [0.05, 0.1) is 4.92 Å². The van der Waals surface area contributed by atoms with E-state index >= 15 is 0 Å². The second-order valence-electron chi connectivity index (χ2n) is 3.67. The third-order valence-corrected chi connectivity index (χ3v) is 3.22. The summed E-state index contributed by atoms with van der Waals surface area (Å²) >= 11 is 0.980. The van der Waals surface area contributed by atoms with Gasteiger partial charge in [0.2, 0.25) is 0 Å². The van der Waals surface area contributed by atoms with Crippen molar-refractivity contribution in [2.75, 3.05) is 0 Å². The second-order valence-corrected chi connectivity index (χ2v) is 4.58.